The van der Waals surface area contributed by atoms with Crippen molar-refractivity contribution in [2.45, 2.75) is 20.3 Å². The third-order valence-electron chi connectivity index (χ3n) is 3.98. The number of benzene rings is 2. The number of nitrogens with zero attached hydrogens (tertiary/aromatic N) is 2. The molecule has 0 saturated carbocycles. The van der Waals surface area contributed by atoms with Crippen LogP contribution in [0.1, 0.15) is 23.1 Å². The van der Waals surface area contributed by atoms with Gasteiger partial charge in [-0.25, -0.2) is 8.42 Å². The molecule has 1 N–H and O–H groups in total. The van der Waals surface area contributed by atoms with Crippen LogP contribution in [0.25, 0.3) is 0 Å². The summed E-state index contributed by atoms with van der Waals surface area (Å²) >= 11 is 0. The highest BCUT2D eigenvalue weighted by molar-refractivity contribution is 7.92. The highest BCUT2D eigenvalue weighted by Crippen LogP contribution is 2.23. The van der Waals surface area contributed by atoms with E-state index in [1.165, 1.54) is 0 Å². The molecule has 0 heterocycles. The molecular formula is C19H21N3O3S. The highest BCUT2D eigenvalue weighted by Gasteiger charge is 2.21. The number of rotatable bonds is 6. The van der Waals surface area contributed by atoms with E-state index in [1.807, 2.05) is 38.1 Å². The van der Waals surface area contributed by atoms with Crippen LogP contribution in [0, 0.1) is 25.2 Å². The van der Waals surface area contributed by atoms with E-state index in [-0.39, 0.29) is 30.1 Å². The second-order valence-corrected chi connectivity index (χ2v) is 7.94. The standard InChI is InChI=1S/C19H21N3O3S/c1-14-7-6-8-15(2)19(14)21-18(23)11-12-22(26(3,24)25)17-10-5-4-9-16(17)13-20/h4-10H,11-12H2,1-3H3,(H,21,23). The smallest absolute Gasteiger partial charge is 0.232 e. The van der Waals surface area contributed by atoms with Gasteiger partial charge in [0.15, 0.2) is 0 Å². The lowest BCUT2D eigenvalue weighted by atomic mass is 10.1. The van der Waals surface area contributed by atoms with E-state index in [0.717, 1.165) is 27.4 Å². The first-order valence-corrected chi connectivity index (χ1v) is 9.91. The predicted molar refractivity (Wildman–Crippen MR) is 103 cm³/mol. The molecule has 0 aliphatic carbocycles. The monoisotopic (exact) mass is 371 g/mol. The van der Waals surface area contributed by atoms with Crippen molar-refractivity contribution in [3.8, 4) is 6.07 Å². The Morgan fingerprint density at radius 2 is 1.73 bits per heavy atom. The molecule has 6 nitrogen and oxygen atoms in total. The summed E-state index contributed by atoms with van der Waals surface area (Å²) in [6, 6.07) is 14.1. The lowest BCUT2D eigenvalue weighted by Crippen LogP contribution is -2.33. The van der Waals surface area contributed by atoms with Gasteiger partial charge in [0.2, 0.25) is 15.9 Å². The molecule has 0 aliphatic heterocycles. The van der Waals surface area contributed by atoms with Gasteiger partial charge in [0, 0.05) is 18.7 Å². The average Bonchev–Trinajstić information content (AvgIpc) is 2.57. The number of aryl methyl sites for hydroxylation is 2. The van der Waals surface area contributed by atoms with Crippen LogP contribution in [0.2, 0.25) is 0 Å². The van der Waals surface area contributed by atoms with E-state index in [0.29, 0.717) is 0 Å². The minimum atomic E-state index is -3.63. The molecule has 0 bridgehead atoms. The van der Waals surface area contributed by atoms with Crippen LogP contribution < -0.4 is 9.62 Å². The SMILES string of the molecule is Cc1cccc(C)c1NC(=O)CCN(c1ccccc1C#N)S(C)(=O)=O. The zero-order valence-corrected chi connectivity index (χ0v) is 15.8. The van der Waals surface area contributed by atoms with Gasteiger partial charge in [-0.1, -0.05) is 30.3 Å². The number of para-hydroxylation sites is 2. The van der Waals surface area contributed by atoms with Gasteiger partial charge in [-0.15, -0.1) is 0 Å². The van der Waals surface area contributed by atoms with Crippen molar-refractivity contribution < 1.29 is 13.2 Å². The molecule has 0 fully saturated rings. The number of nitriles is 1. The molecule has 0 aliphatic rings. The maximum Gasteiger partial charge on any atom is 0.232 e. The van der Waals surface area contributed by atoms with Gasteiger partial charge in [0.05, 0.1) is 17.5 Å². The second kappa shape index (κ2) is 8.02. The molecule has 0 radical (unpaired) electrons. The van der Waals surface area contributed by atoms with Crippen molar-refractivity contribution in [3.05, 3.63) is 59.2 Å². The van der Waals surface area contributed by atoms with E-state index in [1.54, 1.807) is 24.3 Å². The first-order valence-electron chi connectivity index (χ1n) is 8.07. The van der Waals surface area contributed by atoms with Crippen LogP contribution in [0.3, 0.4) is 0 Å². The van der Waals surface area contributed by atoms with E-state index in [4.69, 9.17) is 0 Å². The summed E-state index contributed by atoms with van der Waals surface area (Å²) in [6.07, 6.45) is 1.03. The maximum atomic E-state index is 12.3. The number of anilines is 2. The fourth-order valence-corrected chi connectivity index (χ4v) is 3.61. The Morgan fingerprint density at radius 1 is 1.12 bits per heavy atom. The Labute approximate surface area is 154 Å². The molecule has 2 rings (SSSR count). The molecular weight excluding hydrogens is 350 g/mol. The van der Waals surface area contributed by atoms with Gasteiger partial charge in [0.1, 0.15) is 6.07 Å². The Bertz CT molecular complexity index is 942. The number of sulfonamides is 1. The van der Waals surface area contributed by atoms with Crippen molar-refractivity contribution in [3.63, 3.8) is 0 Å². The van der Waals surface area contributed by atoms with Gasteiger partial charge in [-0.05, 0) is 37.1 Å². The number of carbonyl (C=O) groups excluding carboxylic acids is 1. The van der Waals surface area contributed by atoms with Crippen molar-refractivity contribution >= 4 is 27.3 Å². The lowest BCUT2D eigenvalue weighted by Gasteiger charge is -2.23. The van der Waals surface area contributed by atoms with Crippen LogP contribution in [-0.4, -0.2) is 27.1 Å². The molecule has 1 amide bonds. The van der Waals surface area contributed by atoms with Gasteiger partial charge >= 0.3 is 0 Å². The molecule has 136 valence electrons. The van der Waals surface area contributed by atoms with Crippen molar-refractivity contribution in [2.75, 3.05) is 22.4 Å². The summed E-state index contributed by atoms with van der Waals surface area (Å²) < 4.78 is 25.4. The Hall–Kier alpha value is -2.85. The summed E-state index contributed by atoms with van der Waals surface area (Å²) in [7, 11) is -3.63. The fraction of sp³-hybridized carbons (Fsp3) is 0.263. The molecule has 2 aromatic carbocycles. The zero-order chi connectivity index (χ0) is 19.3. The van der Waals surface area contributed by atoms with Gasteiger partial charge < -0.3 is 5.32 Å². The first-order chi connectivity index (χ1) is 12.2. The Kier molecular flexibility index (Phi) is 6.01. The molecule has 0 spiro atoms. The van der Waals surface area contributed by atoms with Crippen LogP contribution in [-0.2, 0) is 14.8 Å². The largest absolute Gasteiger partial charge is 0.326 e. The molecule has 0 atom stereocenters. The number of hydrogen-bond acceptors (Lipinski definition) is 4. The van der Waals surface area contributed by atoms with Crippen molar-refractivity contribution in [2.24, 2.45) is 0 Å². The molecule has 0 aromatic heterocycles. The minimum absolute atomic E-state index is 0.0272. The first kappa shape index (κ1) is 19.5. The van der Waals surface area contributed by atoms with Crippen LogP contribution in [0.4, 0.5) is 11.4 Å². The second-order valence-electron chi connectivity index (χ2n) is 6.03. The van der Waals surface area contributed by atoms with Gasteiger partial charge in [-0.2, -0.15) is 5.26 Å². The summed E-state index contributed by atoms with van der Waals surface area (Å²) in [6.45, 7) is 3.75. The number of amides is 1. The van der Waals surface area contributed by atoms with E-state index < -0.39 is 10.0 Å². The Balaban J connectivity index is 2.18. The molecule has 0 saturated heterocycles. The minimum Gasteiger partial charge on any atom is -0.326 e. The van der Waals surface area contributed by atoms with Crippen LogP contribution in [0.15, 0.2) is 42.5 Å². The van der Waals surface area contributed by atoms with Gasteiger partial charge in [-0.3, -0.25) is 9.10 Å². The van der Waals surface area contributed by atoms with Crippen molar-refractivity contribution in [1.29, 1.82) is 5.26 Å². The third kappa shape index (κ3) is 4.61. The van der Waals surface area contributed by atoms with E-state index in [2.05, 4.69) is 5.32 Å². The number of carbonyl (C=O) groups is 1. The summed E-state index contributed by atoms with van der Waals surface area (Å²) in [5, 5.41) is 12.1. The zero-order valence-electron chi connectivity index (χ0n) is 15.0. The summed E-state index contributed by atoms with van der Waals surface area (Å²) in [4.78, 5) is 12.3. The number of nitrogens with one attached hydrogen (secondary N) is 1. The third-order valence-corrected chi connectivity index (χ3v) is 5.16. The molecule has 2 aromatic rings. The Morgan fingerprint density at radius 3 is 2.31 bits per heavy atom. The van der Waals surface area contributed by atoms with Gasteiger partial charge in [0.25, 0.3) is 0 Å². The summed E-state index contributed by atoms with van der Waals surface area (Å²) in [5.41, 5.74) is 3.13. The average molecular weight is 371 g/mol. The quantitative estimate of drug-likeness (QED) is 0.845. The fourth-order valence-electron chi connectivity index (χ4n) is 2.67. The normalized spacial score (nSPS) is 10.8. The summed E-state index contributed by atoms with van der Waals surface area (Å²) in [5.74, 6) is -0.287. The molecule has 26 heavy (non-hydrogen) atoms. The van der Waals surface area contributed by atoms with Crippen molar-refractivity contribution in [1.82, 2.24) is 0 Å². The van der Waals surface area contributed by atoms with E-state index in [9.17, 15) is 18.5 Å². The number of hydrogen-bond donors (Lipinski definition) is 1. The van der Waals surface area contributed by atoms with Crippen LogP contribution in [0.5, 0.6) is 0 Å². The van der Waals surface area contributed by atoms with Crippen LogP contribution >= 0.6 is 0 Å². The molecule has 7 heteroatoms. The molecule has 0 unspecified atom stereocenters. The lowest BCUT2D eigenvalue weighted by molar-refractivity contribution is -0.116. The highest BCUT2D eigenvalue weighted by atomic mass is 32.2. The predicted octanol–water partition coefficient (Wildman–Crippen LogP) is 2.97. The van der Waals surface area contributed by atoms with E-state index >= 15 is 0 Å². The topological polar surface area (TPSA) is 90.3 Å². The maximum absolute atomic E-state index is 12.3.